The van der Waals surface area contributed by atoms with Crippen LogP contribution in [0.1, 0.15) is 39.9 Å². The fourth-order valence-corrected chi connectivity index (χ4v) is 6.80. The Hall–Kier alpha value is -2.33. The minimum absolute atomic E-state index is 0.108. The van der Waals surface area contributed by atoms with Gasteiger partial charge in [-0.2, -0.15) is 0 Å². The summed E-state index contributed by atoms with van der Waals surface area (Å²) in [6, 6.07) is 16.6. The summed E-state index contributed by atoms with van der Waals surface area (Å²) in [4.78, 5) is 26.6. The van der Waals surface area contributed by atoms with Crippen LogP contribution in [0.25, 0.3) is 5.70 Å². The van der Waals surface area contributed by atoms with E-state index in [1.807, 2.05) is 49.4 Å². The second-order valence-electron chi connectivity index (χ2n) is 8.60. The molecular weight excluding hydrogens is 692 g/mol. The smallest absolute Gasteiger partial charge is 0.336 e. The van der Waals surface area contributed by atoms with Gasteiger partial charge in [-0.1, -0.05) is 53.5 Å². The van der Waals surface area contributed by atoms with Crippen LogP contribution < -0.4 is 10.1 Å². The van der Waals surface area contributed by atoms with Crippen LogP contribution in [-0.2, 0) is 16.1 Å². The third-order valence-electron chi connectivity index (χ3n) is 6.38. The molecule has 1 aliphatic carbocycles. The average molecular weight is 711 g/mol. The number of Topliss-reactive ketones (excluding diaryl/α,β-unsaturated/α-hetero) is 1. The number of nitrogens with one attached hydrogen (secondary N) is 1. The van der Waals surface area contributed by atoms with Gasteiger partial charge in [0.25, 0.3) is 0 Å². The molecule has 0 fully saturated rings. The fraction of sp³-hybridized carbons (Fsp3) is 0.143. The van der Waals surface area contributed by atoms with Crippen molar-refractivity contribution in [3.05, 3.63) is 112 Å². The van der Waals surface area contributed by atoms with Crippen LogP contribution in [0.3, 0.4) is 0 Å². The van der Waals surface area contributed by atoms with Crippen molar-refractivity contribution < 1.29 is 19.1 Å². The third-order valence-corrected chi connectivity index (χ3v) is 8.50. The van der Waals surface area contributed by atoms with E-state index in [1.54, 1.807) is 12.1 Å². The zero-order chi connectivity index (χ0) is 26.4. The summed E-state index contributed by atoms with van der Waals surface area (Å²) in [6.45, 7) is 2.11. The lowest BCUT2D eigenvalue weighted by atomic mass is 9.80. The molecule has 1 heterocycles. The van der Waals surface area contributed by atoms with E-state index < -0.39 is 11.9 Å². The molecule has 0 saturated heterocycles. The molecule has 1 N–H and O–H groups in total. The van der Waals surface area contributed by atoms with Crippen molar-refractivity contribution in [1.82, 2.24) is 5.32 Å². The second-order valence-corrected chi connectivity index (χ2v) is 11.4. The molecule has 1 aliphatic heterocycles. The number of carbonyl (C=O) groups is 2. The monoisotopic (exact) mass is 709 g/mol. The zero-order valence-corrected chi connectivity index (χ0v) is 24.9. The zero-order valence-electron chi connectivity index (χ0n) is 19.6. The quantitative estimate of drug-likeness (QED) is 0.218. The van der Waals surface area contributed by atoms with Gasteiger partial charge in [-0.05, 0) is 80.8 Å². The van der Waals surface area contributed by atoms with Gasteiger partial charge in [-0.3, -0.25) is 4.79 Å². The Morgan fingerprint density at radius 1 is 1.08 bits per heavy atom. The molecular formula is C28H19BrCl2INO4. The molecule has 3 aromatic rings. The van der Waals surface area contributed by atoms with Gasteiger partial charge in [0, 0.05) is 28.3 Å². The van der Waals surface area contributed by atoms with Crippen molar-refractivity contribution in [1.29, 1.82) is 0 Å². The molecule has 37 heavy (non-hydrogen) atoms. The number of methoxy groups -OCH3 is 1. The van der Waals surface area contributed by atoms with E-state index in [4.69, 9.17) is 32.7 Å². The molecule has 9 heteroatoms. The number of rotatable bonds is 5. The summed E-state index contributed by atoms with van der Waals surface area (Å²) >= 11 is 18.0. The number of carbonyl (C=O) groups excluding carboxylic acids is 2. The highest BCUT2D eigenvalue weighted by Crippen LogP contribution is 2.48. The maximum Gasteiger partial charge on any atom is 0.336 e. The average Bonchev–Trinajstić information content (AvgIpc) is 3.15. The van der Waals surface area contributed by atoms with Crippen LogP contribution >= 0.6 is 61.7 Å². The van der Waals surface area contributed by atoms with Gasteiger partial charge in [0.05, 0.1) is 36.5 Å². The van der Waals surface area contributed by atoms with Crippen molar-refractivity contribution in [3.8, 4) is 5.75 Å². The molecule has 3 aromatic carbocycles. The predicted molar refractivity (Wildman–Crippen MR) is 156 cm³/mol. The summed E-state index contributed by atoms with van der Waals surface area (Å²) in [6.07, 6.45) is 0. The molecule has 0 bridgehead atoms. The minimum Gasteiger partial charge on any atom is -0.487 e. The highest BCUT2D eigenvalue weighted by Gasteiger charge is 2.43. The van der Waals surface area contributed by atoms with Crippen molar-refractivity contribution >= 4 is 79.2 Å². The van der Waals surface area contributed by atoms with E-state index in [9.17, 15) is 9.59 Å². The van der Waals surface area contributed by atoms with Gasteiger partial charge < -0.3 is 14.8 Å². The fourth-order valence-electron chi connectivity index (χ4n) is 4.71. The summed E-state index contributed by atoms with van der Waals surface area (Å²) < 4.78 is 12.8. The van der Waals surface area contributed by atoms with Crippen molar-refractivity contribution in [2.75, 3.05) is 7.11 Å². The van der Waals surface area contributed by atoms with Gasteiger partial charge in [0.15, 0.2) is 5.78 Å². The molecule has 188 valence electrons. The van der Waals surface area contributed by atoms with E-state index in [-0.39, 0.29) is 12.4 Å². The van der Waals surface area contributed by atoms with Crippen molar-refractivity contribution in [3.63, 3.8) is 0 Å². The number of benzene rings is 3. The molecule has 1 atom stereocenters. The standard InChI is InChI=1S/C28H19BrCl2INO4/c1-13-22(28(35)36-2)23(24-25(33-13)16-5-3-4-6-17(16)26(24)34)15-10-18(29)27(21(32)11-15)37-12-14-7-8-19(30)20(31)9-14/h3-11,23,33H,12H2,1-2H3/t23-/m1/s1. The number of fused-ring (bicyclic) bond motifs is 2. The Morgan fingerprint density at radius 3 is 2.49 bits per heavy atom. The van der Waals surface area contributed by atoms with Gasteiger partial charge >= 0.3 is 5.97 Å². The first-order valence-corrected chi connectivity index (χ1v) is 13.8. The molecule has 5 rings (SSSR count). The maximum atomic E-state index is 13.6. The minimum atomic E-state index is -0.613. The van der Waals surface area contributed by atoms with Crippen molar-refractivity contribution in [2.45, 2.75) is 19.4 Å². The number of hydrogen-bond acceptors (Lipinski definition) is 5. The largest absolute Gasteiger partial charge is 0.487 e. The normalized spacial score (nSPS) is 16.4. The SMILES string of the molecule is COC(=O)C1=C(C)NC2=C(C(=O)c3ccccc32)[C@@H]1c1cc(Br)c(OCc2ccc(Cl)c(Cl)c2)c(I)c1. The van der Waals surface area contributed by atoms with E-state index in [1.165, 1.54) is 7.11 Å². The number of dihydropyridines is 1. The summed E-state index contributed by atoms with van der Waals surface area (Å²) in [5, 5.41) is 4.24. The van der Waals surface area contributed by atoms with Crippen LogP contribution in [0.15, 0.2) is 75.9 Å². The van der Waals surface area contributed by atoms with E-state index in [0.29, 0.717) is 42.7 Å². The van der Waals surface area contributed by atoms with Gasteiger partial charge in [0.2, 0.25) is 0 Å². The van der Waals surface area contributed by atoms with E-state index >= 15 is 0 Å². The Morgan fingerprint density at radius 2 is 1.81 bits per heavy atom. The molecule has 0 radical (unpaired) electrons. The van der Waals surface area contributed by atoms with E-state index in [0.717, 1.165) is 26.0 Å². The lowest BCUT2D eigenvalue weighted by Gasteiger charge is -2.29. The first-order valence-electron chi connectivity index (χ1n) is 11.2. The summed E-state index contributed by atoms with van der Waals surface area (Å²) in [7, 11) is 1.34. The number of esters is 1. The Kier molecular flexibility index (Phi) is 7.42. The van der Waals surface area contributed by atoms with Crippen LogP contribution in [0.5, 0.6) is 5.75 Å². The number of ether oxygens (including phenoxy) is 2. The Bertz CT molecular complexity index is 1530. The first-order chi connectivity index (χ1) is 17.7. The van der Waals surface area contributed by atoms with Crippen LogP contribution in [0, 0.1) is 3.57 Å². The molecule has 0 aromatic heterocycles. The summed E-state index contributed by atoms with van der Waals surface area (Å²) in [5.41, 5.74) is 5.37. The van der Waals surface area contributed by atoms with Crippen molar-refractivity contribution in [2.24, 2.45) is 0 Å². The summed E-state index contributed by atoms with van der Waals surface area (Å²) in [5.74, 6) is -0.572. The molecule has 0 amide bonds. The first kappa shape index (κ1) is 26.3. The van der Waals surface area contributed by atoms with Crippen LogP contribution in [0.4, 0.5) is 0 Å². The Labute approximate surface area is 246 Å². The van der Waals surface area contributed by atoms with Gasteiger partial charge in [-0.25, -0.2) is 4.79 Å². The lowest BCUT2D eigenvalue weighted by molar-refractivity contribution is -0.136. The number of ketones is 1. The molecule has 5 nitrogen and oxygen atoms in total. The number of hydrogen-bond donors (Lipinski definition) is 1. The van der Waals surface area contributed by atoms with Gasteiger partial charge in [-0.15, -0.1) is 0 Å². The lowest BCUT2D eigenvalue weighted by Crippen LogP contribution is -2.29. The molecule has 2 aliphatic rings. The second kappa shape index (κ2) is 10.4. The topological polar surface area (TPSA) is 64.6 Å². The molecule has 0 spiro atoms. The van der Waals surface area contributed by atoms with E-state index in [2.05, 4.69) is 43.8 Å². The highest BCUT2D eigenvalue weighted by molar-refractivity contribution is 14.1. The number of halogens is 4. The van der Waals surface area contributed by atoms with Crippen LogP contribution in [0.2, 0.25) is 10.0 Å². The highest BCUT2D eigenvalue weighted by atomic mass is 127. The van der Waals surface area contributed by atoms with Gasteiger partial charge in [0.1, 0.15) is 12.4 Å². The maximum absolute atomic E-state index is 13.6. The molecule has 0 saturated carbocycles. The van der Waals surface area contributed by atoms with Crippen LogP contribution in [-0.4, -0.2) is 18.9 Å². The predicted octanol–water partition coefficient (Wildman–Crippen LogP) is 7.68. The number of allylic oxidation sites excluding steroid dienone is 2. The molecule has 0 unspecified atom stereocenters. The Balaban J connectivity index is 1.56. The third kappa shape index (κ3) is 4.71.